The number of allylic oxidation sites excluding steroid dienone is 2. The summed E-state index contributed by atoms with van der Waals surface area (Å²) in [7, 11) is 0. The molecule has 0 unspecified atom stereocenters. The van der Waals surface area contributed by atoms with Gasteiger partial charge in [0.25, 0.3) is 11.8 Å². The molecule has 6 atom stereocenters. The summed E-state index contributed by atoms with van der Waals surface area (Å²) >= 11 is 0. The first kappa shape index (κ1) is 34.3. The molecule has 2 N–H and O–H groups in total. The lowest BCUT2D eigenvalue weighted by Gasteiger charge is -2.50. The second-order valence-corrected chi connectivity index (χ2v) is 14.9. The van der Waals surface area contributed by atoms with E-state index in [1.165, 1.54) is 4.90 Å². The first-order chi connectivity index (χ1) is 26.8. The Morgan fingerprint density at radius 1 is 0.764 bits per heavy atom. The predicted octanol–water partition coefficient (Wildman–Crippen LogP) is 7.47. The second kappa shape index (κ2) is 13.4. The van der Waals surface area contributed by atoms with Crippen LogP contribution in [0.25, 0.3) is 0 Å². The Bertz CT molecular complexity index is 2350. The third-order valence-electron chi connectivity index (χ3n) is 12.0. The molecule has 3 fully saturated rings. The fourth-order valence-corrected chi connectivity index (χ4v) is 9.52. The molecule has 9 rings (SSSR count). The topological polar surface area (TPSA) is 116 Å². The number of anilines is 2. The van der Waals surface area contributed by atoms with Crippen molar-refractivity contribution in [3.8, 4) is 11.5 Å². The number of para-hydroxylation sites is 1. The van der Waals surface area contributed by atoms with Crippen molar-refractivity contribution in [3.63, 3.8) is 0 Å². The van der Waals surface area contributed by atoms with E-state index in [9.17, 15) is 19.5 Å². The number of phenols is 1. The molecule has 4 aliphatic rings. The van der Waals surface area contributed by atoms with E-state index in [0.29, 0.717) is 28.3 Å². The molecular weight excluding hydrogens is 691 g/mol. The van der Waals surface area contributed by atoms with E-state index in [1.807, 2.05) is 104 Å². The molecule has 274 valence electrons. The van der Waals surface area contributed by atoms with Crippen LogP contribution in [0.4, 0.5) is 11.4 Å². The number of hydrogen-bond donors (Lipinski definition) is 2. The van der Waals surface area contributed by atoms with Crippen molar-refractivity contribution in [1.29, 1.82) is 0 Å². The minimum absolute atomic E-state index is 0.0989. The number of phenolic OH excluding ortho intramolecular Hbond substituents is 1. The first-order valence-corrected chi connectivity index (χ1v) is 18.7. The molecule has 2 aliphatic heterocycles. The fourth-order valence-electron chi connectivity index (χ4n) is 9.52. The summed E-state index contributed by atoms with van der Waals surface area (Å²) in [5.41, 5.74) is 6.51. The number of fused-ring (bicyclic) bond motifs is 4. The van der Waals surface area contributed by atoms with Gasteiger partial charge in [-0.05, 0) is 67.1 Å². The number of nitrogens with zero attached hydrogens (tertiary/aromatic N) is 2. The second-order valence-electron chi connectivity index (χ2n) is 14.9. The number of hydrazine groups is 1. The molecule has 5 aromatic rings. The number of ether oxygens (including phenoxy) is 1. The van der Waals surface area contributed by atoms with Crippen molar-refractivity contribution in [3.05, 3.63) is 167 Å². The lowest BCUT2D eigenvalue weighted by atomic mass is 9.49. The van der Waals surface area contributed by atoms with Gasteiger partial charge in [0.05, 0.1) is 34.5 Å². The van der Waals surface area contributed by atoms with E-state index in [1.54, 1.807) is 42.5 Å². The highest BCUT2D eigenvalue weighted by Crippen LogP contribution is 2.65. The van der Waals surface area contributed by atoms with Gasteiger partial charge in [0.2, 0.25) is 11.8 Å². The summed E-state index contributed by atoms with van der Waals surface area (Å²) in [6, 6.07) is 40.4. The monoisotopic (exact) mass is 729 g/mol. The summed E-state index contributed by atoms with van der Waals surface area (Å²) in [5, 5.41) is 13.1. The van der Waals surface area contributed by atoms with Gasteiger partial charge in [0.15, 0.2) is 0 Å². The molecule has 1 saturated carbocycles. The van der Waals surface area contributed by atoms with Crippen LogP contribution in [0.2, 0.25) is 0 Å². The number of nitrogens with one attached hydrogen (secondary N) is 1. The zero-order valence-electron chi connectivity index (χ0n) is 30.2. The normalized spacial score (nSPS) is 25.6. The number of aryl methyl sites for hydroxylation is 1. The third-order valence-corrected chi connectivity index (χ3v) is 12.0. The number of carbonyl (C=O) groups excluding carboxylic acids is 4. The molecule has 9 nitrogen and oxygen atoms in total. The average molecular weight is 730 g/mol. The largest absolute Gasteiger partial charge is 0.508 e. The maximum atomic E-state index is 15.4. The van der Waals surface area contributed by atoms with Crippen molar-refractivity contribution >= 4 is 35.0 Å². The van der Waals surface area contributed by atoms with Crippen LogP contribution in [0.15, 0.2) is 145 Å². The SMILES string of the molecule is Cc1ccc(NN2C(=O)[C@@H]3C[C@@H]4C(=CC[C@@H]5C(=O)N(c6ccccc6)C(=O)[C@@H]54)[C@H](c4ccc(OCc5ccccc5)cc4O)[C@]3(c3ccccc3)C2=O)cc1. The lowest BCUT2D eigenvalue weighted by Crippen LogP contribution is -2.53. The van der Waals surface area contributed by atoms with Crippen LogP contribution >= 0.6 is 0 Å². The van der Waals surface area contributed by atoms with Gasteiger partial charge >= 0.3 is 0 Å². The van der Waals surface area contributed by atoms with Gasteiger partial charge in [-0.3, -0.25) is 29.5 Å². The van der Waals surface area contributed by atoms with Crippen molar-refractivity contribution < 1.29 is 29.0 Å². The number of aromatic hydroxyl groups is 1. The summed E-state index contributed by atoms with van der Waals surface area (Å²) in [6.45, 7) is 2.25. The highest BCUT2D eigenvalue weighted by molar-refractivity contribution is 6.22. The van der Waals surface area contributed by atoms with E-state index >= 15 is 4.79 Å². The van der Waals surface area contributed by atoms with Crippen LogP contribution in [-0.2, 0) is 31.2 Å². The van der Waals surface area contributed by atoms with Crippen molar-refractivity contribution in [2.75, 3.05) is 10.3 Å². The Morgan fingerprint density at radius 3 is 2.13 bits per heavy atom. The van der Waals surface area contributed by atoms with E-state index in [-0.39, 0.29) is 37.0 Å². The zero-order valence-corrected chi connectivity index (χ0v) is 30.2. The molecule has 9 heteroatoms. The lowest BCUT2D eigenvalue weighted by molar-refractivity contribution is -0.138. The fraction of sp³-hybridized carbons (Fsp3) is 0.217. The highest BCUT2D eigenvalue weighted by Gasteiger charge is 2.70. The van der Waals surface area contributed by atoms with Crippen LogP contribution in [0.1, 0.15) is 41.0 Å². The Balaban J connectivity index is 1.20. The van der Waals surface area contributed by atoms with Gasteiger partial charge in [0.1, 0.15) is 18.1 Å². The first-order valence-electron chi connectivity index (χ1n) is 18.7. The van der Waals surface area contributed by atoms with Gasteiger partial charge < -0.3 is 9.84 Å². The van der Waals surface area contributed by atoms with E-state index in [0.717, 1.165) is 21.7 Å². The molecule has 0 bridgehead atoms. The maximum Gasteiger partial charge on any atom is 0.260 e. The Kier molecular flexibility index (Phi) is 8.37. The van der Waals surface area contributed by atoms with Gasteiger partial charge in [-0.15, -0.1) is 0 Å². The minimum Gasteiger partial charge on any atom is -0.508 e. The highest BCUT2D eigenvalue weighted by atomic mass is 16.5. The molecule has 2 saturated heterocycles. The van der Waals surface area contributed by atoms with Crippen LogP contribution in [0.5, 0.6) is 11.5 Å². The minimum atomic E-state index is -1.50. The predicted molar refractivity (Wildman–Crippen MR) is 207 cm³/mol. The summed E-state index contributed by atoms with van der Waals surface area (Å²) in [5.74, 6) is -4.86. The molecule has 0 radical (unpaired) electrons. The van der Waals surface area contributed by atoms with E-state index in [4.69, 9.17) is 4.74 Å². The quantitative estimate of drug-likeness (QED) is 0.126. The maximum absolute atomic E-state index is 15.4. The standard InChI is InChI=1S/C46H39N3O6/c1-28-17-19-31(20-18-28)47-49-43(52)38-26-37-34(23-24-36-40(37)44(53)48(42(36)51)32-15-9-4-10-16-32)41(46(38,45(49)54)30-13-7-3-8-14-30)35-22-21-33(25-39(35)50)55-27-29-11-5-2-6-12-29/h2-23,25,36-38,40-41,47,50H,24,26-27H2,1H3/t36-,37+,38-,40-,41+,46+/m0/s1. The van der Waals surface area contributed by atoms with Gasteiger partial charge in [-0.1, -0.05) is 114 Å². The Hall–Kier alpha value is -6.48. The average Bonchev–Trinajstić information content (AvgIpc) is 3.59. The van der Waals surface area contributed by atoms with Crippen LogP contribution < -0.4 is 15.1 Å². The van der Waals surface area contributed by atoms with Crippen molar-refractivity contribution in [1.82, 2.24) is 5.01 Å². The molecule has 0 aromatic heterocycles. The van der Waals surface area contributed by atoms with Gasteiger partial charge in [0, 0.05) is 17.5 Å². The summed E-state index contributed by atoms with van der Waals surface area (Å²) < 4.78 is 6.08. The number of hydrogen-bond acceptors (Lipinski definition) is 7. The zero-order chi connectivity index (χ0) is 37.8. The summed E-state index contributed by atoms with van der Waals surface area (Å²) in [4.78, 5) is 60.1. The van der Waals surface area contributed by atoms with Crippen LogP contribution in [0, 0.1) is 30.6 Å². The smallest absolute Gasteiger partial charge is 0.260 e. The molecular formula is C46H39N3O6. The molecule has 55 heavy (non-hydrogen) atoms. The van der Waals surface area contributed by atoms with Crippen LogP contribution in [-0.4, -0.2) is 33.7 Å². The Morgan fingerprint density at radius 2 is 1.44 bits per heavy atom. The third kappa shape index (κ3) is 5.44. The van der Waals surface area contributed by atoms with Gasteiger partial charge in [-0.2, -0.15) is 5.01 Å². The number of imide groups is 2. The van der Waals surface area contributed by atoms with Crippen molar-refractivity contribution in [2.24, 2.45) is 23.7 Å². The Labute approximate surface area is 318 Å². The number of rotatable bonds is 8. The van der Waals surface area contributed by atoms with Crippen molar-refractivity contribution in [2.45, 2.75) is 37.7 Å². The molecule has 2 heterocycles. The van der Waals surface area contributed by atoms with E-state index < -0.39 is 46.8 Å². The number of benzene rings is 5. The van der Waals surface area contributed by atoms with E-state index in [2.05, 4.69) is 5.43 Å². The molecule has 2 aliphatic carbocycles. The summed E-state index contributed by atoms with van der Waals surface area (Å²) in [6.07, 6.45) is 2.43. The number of carbonyl (C=O) groups is 4. The molecule has 5 aromatic carbocycles. The van der Waals surface area contributed by atoms with Crippen LogP contribution in [0.3, 0.4) is 0 Å². The molecule has 0 spiro atoms. The van der Waals surface area contributed by atoms with Gasteiger partial charge in [-0.25, -0.2) is 0 Å². The molecule has 4 amide bonds. The number of amides is 4.